The third-order valence-electron chi connectivity index (χ3n) is 4.68. The van der Waals surface area contributed by atoms with Gasteiger partial charge in [-0.3, -0.25) is 19.4 Å². The van der Waals surface area contributed by atoms with Gasteiger partial charge < -0.3 is 10.2 Å². The fraction of sp³-hybridized carbons (Fsp3) is 0.733. The average molecular weight is 319 g/mol. The van der Waals surface area contributed by atoms with Crippen molar-refractivity contribution in [3.63, 3.8) is 0 Å². The molecule has 124 valence electrons. The third-order valence-corrected chi connectivity index (χ3v) is 4.68. The number of nitrogens with one attached hydrogen (secondary N) is 1. The van der Waals surface area contributed by atoms with Crippen molar-refractivity contribution in [2.24, 2.45) is 0 Å². The maximum atomic E-state index is 12.4. The Morgan fingerprint density at radius 1 is 1.35 bits per heavy atom. The fourth-order valence-corrected chi connectivity index (χ4v) is 3.18. The number of hydrogen-bond donors (Lipinski definition) is 1. The highest BCUT2D eigenvalue weighted by molar-refractivity contribution is 6.08. The van der Waals surface area contributed by atoms with E-state index in [0.29, 0.717) is 25.7 Å². The fourth-order valence-electron chi connectivity index (χ4n) is 3.18. The molecule has 1 N–H and O–H groups in total. The van der Waals surface area contributed by atoms with Gasteiger partial charge in [-0.25, -0.2) is 4.79 Å². The molecule has 0 aromatic heterocycles. The van der Waals surface area contributed by atoms with Crippen LogP contribution < -0.4 is 5.32 Å². The van der Waals surface area contributed by atoms with Gasteiger partial charge in [0.25, 0.3) is 5.91 Å². The van der Waals surface area contributed by atoms with Crippen LogP contribution in [-0.2, 0) is 9.59 Å². The minimum absolute atomic E-state index is 0.268. The minimum atomic E-state index is -0.975. The van der Waals surface area contributed by atoms with Gasteiger partial charge in [0.15, 0.2) is 0 Å². The van der Waals surface area contributed by atoms with Gasteiger partial charge in [-0.2, -0.15) is 5.26 Å². The molecule has 1 unspecified atom stereocenters. The Bertz CT molecular complexity index is 592. The molecular formula is C15H21N5O3. The molecule has 8 nitrogen and oxygen atoms in total. The Kier molecular flexibility index (Phi) is 3.76. The van der Waals surface area contributed by atoms with E-state index in [1.54, 1.807) is 18.7 Å². The van der Waals surface area contributed by atoms with E-state index in [1.165, 1.54) is 0 Å². The summed E-state index contributed by atoms with van der Waals surface area (Å²) in [5.41, 5.74) is -0.975. The average Bonchev–Trinajstić information content (AvgIpc) is 3.32. The summed E-state index contributed by atoms with van der Waals surface area (Å²) < 4.78 is 0. The number of carbonyl (C=O) groups excluding carboxylic acids is 3. The van der Waals surface area contributed by atoms with E-state index in [9.17, 15) is 19.6 Å². The second-order valence-electron chi connectivity index (χ2n) is 6.90. The molecule has 0 bridgehead atoms. The number of rotatable bonds is 3. The van der Waals surface area contributed by atoms with Gasteiger partial charge in [-0.15, -0.1) is 0 Å². The summed E-state index contributed by atoms with van der Waals surface area (Å²) in [4.78, 5) is 41.1. The van der Waals surface area contributed by atoms with E-state index in [4.69, 9.17) is 0 Å². The van der Waals surface area contributed by atoms with Crippen LogP contribution >= 0.6 is 0 Å². The summed E-state index contributed by atoms with van der Waals surface area (Å²) >= 11 is 0. The van der Waals surface area contributed by atoms with Gasteiger partial charge in [0.2, 0.25) is 5.91 Å². The van der Waals surface area contributed by atoms with E-state index in [2.05, 4.69) is 16.3 Å². The number of imide groups is 1. The smallest absolute Gasteiger partial charge is 0.325 e. The quantitative estimate of drug-likeness (QED) is 0.709. The summed E-state index contributed by atoms with van der Waals surface area (Å²) in [5, 5.41) is 11.9. The van der Waals surface area contributed by atoms with Crippen LogP contribution in [0.25, 0.3) is 0 Å². The number of urea groups is 1. The Hall–Kier alpha value is -2.14. The van der Waals surface area contributed by atoms with Gasteiger partial charge in [0.1, 0.15) is 18.1 Å². The molecule has 0 radical (unpaired) electrons. The topological polar surface area (TPSA) is 96.8 Å². The molecule has 2 aliphatic heterocycles. The van der Waals surface area contributed by atoms with E-state index in [-0.39, 0.29) is 18.5 Å². The Labute approximate surface area is 135 Å². The normalized spacial score (nSPS) is 27.8. The standard InChI is InChI=1S/C15H21N5O3/c1-15(2)13(22)20(14(23)17-15)9-12(21)18-5-6-19(10-3-4-10)11(7-16)8-18/h10-11H,3-6,8-9H2,1-2H3,(H,17,23). The van der Waals surface area contributed by atoms with Crippen molar-refractivity contribution in [3.8, 4) is 6.07 Å². The van der Waals surface area contributed by atoms with Gasteiger partial charge in [-0.05, 0) is 26.7 Å². The lowest BCUT2D eigenvalue weighted by atomic mass is 10.1. The Morgan fingerprint density at radius 3 is 2.57 bits per heavy atom. The van der Waals surface area contributed by atoms with Crippen molar-refractivity contribution in [2.75, 3.05) is 26.2 Å². The first-order valence-corrected chi connectivity index (χ1v) is 7.91. The molecule has 0 spiro atoms. The monoisotopic (exact) mass is 319 g/mol. The highest BCUT2D eigenvalue weighted by Crippen LogP contribution is 2.30. The molecule has 2 heterocycles. The summed E-state index contributed by atoms with van der Waals surface area (Å²) in [5.74, 6) is -0.689. The van der Waals surface area contributed by atoms with Crippen molar-refractivity contribution < 1.29 is 14.4 Å². The number of nitriles is 1. The van der Waals surface area contributed by atoms with Crippen molar-refractivity contribution in [3.05, 3.63) is 0 Å². The molecule has 3 rings (SSSR count). The summed E-state index contributed by atoms with van der Waals surface area (Å²) in [6.07, 6.45) is 2.23. The van der Waals surface area contributed by atoms with Crippen LogP contribution in [0, 0.1) is 11.3 Å². The number of amides is 4. The maximum absolute atomic E-state index is 12.4. The number of piperazine rings is 1. The molecule has 1 aliphatic carbocycles. The SMILES string of the molecule is CC1(C)NC(=O)N(CC(=O)N2CCN(C3CC3)C(C#N)C2)C1=O. The minimum Gasteiger partial charge on any atom is -0.337 e. The zero-order valence-electron chi connectivity index (χ0n) is 13.4. The first kappa shape index (κ1) is 15.7. The highest BCUT2D eigenvalue weighted by Gasteiger charge is 2.46. The van der Waals surface area contributed by atoms with E-state index in [1.807, 2.05) is 0 Å². The number of nitrogens with zero attached hydrogens (tertiary/aromatic N) is 4. The number of carbonyl (C=O) groups is 3. The molecule has 3 aliphatic rings. The van der Waals surface area contributed by atoms with Crippen LogP contribution in [0.1, 0.15) is 26.7 Å². The lowest BCUT2D eigenvalue weighted by molar-refractivity contribution is -0.140. The molecule has 8 heteroatoms. The Morgan fingerprint density at radius 2 is 2.04 bits per heavy atom. The molecule has 0 aromatic carbocycles. The summed E-state index contributed by atoms with van der Waals surface area (Å²) in [7, 11) is 0. The molecule has 3 fully saturated rings. The van der Waals surface area contributed by atoms with Crippen molar-refractivity contribution in [2.45, 2.75) is 44.3 Å². The van der Waals surface area contributed by atoms with Gasteiger partial charge >= 0.3 is 6.03 Å². The third kappa shape index (κ3) is 2.88. The van der Waals surface area contributed by atoms with Gasteiger partial charge in [-0.1, -0.05) is 0 Å². The first-order valence-electron chi connectivity index (χ1n) is 7.91. The van der Waals surface area contributed by atoms with Crippen molar-refractivity contribution in [1.29, 1.82) is 5.26 Å². The Balaban J connectivity index is 1.62. The molecule has 4 amide bonds. The first-order chi connectivity index (χ1) is 10.8. The molecular weight excluding hydrogens is 298 g/mol. The number of hydrogen-bond acceptors (Lipinski definition) is 5. The second-order valence-corrected chi connectivity index (χ2v) is 6.90. The van der Waals surface area contributed by atoms with Crippen molar-refractivity contribution >= 4 is 17.8 Å². The highest BCUT2D eigenvalue weighted by atomic mass is 16.2. The molecule has 1 atom stereocenters. The van der Waals surface area contributed by atoms with Crippen LogP contribution in [-0.4, -0.2) is 76.3 Å². The van der Waals surface area contributed by atoms with Gasteiger partial charge in [0.05, 0.1) is 6.07 Å². The van der Waals surface area contributed by atoms with Crippen LogP contribution in [0.4, 0.5) is 4.79 Å². The predicted octanol–water partition coefficient (Wildman–Crippen LogP) is -0.484. The zero-order valence-corrected chi connectivity index (χ0v) is 13.4. The largest absolute Gasteiger partial charge is 0.337 e. The second kappa shape index (κ2) is 5.49. The molecule has 2 saturated heterocycles. The summed E-state index contributed by atoms with van der Waals surface area (Å²) in [6.45, 7) is 4.48. The molecule has 0 aromatic rings. The zero-order chi connectivity index (χ0) is 16.8. The van der Waals surface area contributed by atoms with Crippen LogP contribution in [0.5, 0.6) is 0 Å². The van der Waals surface area contributed by atoms with E-state index < -0.39 is 17.5 Å². The maximum Gasteiger partial charge on any atom is 0.325 e. The van der Waals surface area contributed by atoms with Crippen LogP contribution in [0.3, 0.4) is 0 Å². The van der Waals surface area contributed by atoms with E-state index in [0.717, 1.165) is 17.7 Å². The van der Waals surface area contributed by atoms with Gasteiger partial charge in [0, 0.05) is 25.7 Å². The van der Waals surface area contributed by atoms with Crippen LogP contribution in [0.15, 0.2) is 0 Å². The summed E-state index contributed by atoms with van der Waals surface area (Å²) in [6, 6.07) is 1.89. The molecule has 23 heavy (non-hydrogen) atoms. The van der Waals surface area contributed by atoms with Crippen LogP contribution in [0.2, 0.25) is 0 Å². The molecule has 1 saturated carbocycles. The van der Waals surface area contributed by atoms with Crippen molar-refractivity contribution in [1.82, 2.24) is 20.0 Å². The lowest BCUT2D eigenvalue weighted by Gasteiger charge is -2.38. The lowest BCUT2D eigenvalue weighted by Crippen LogP contribution is -2.56. The predicted molar refractivity (Wildman–Crippen MR) is 80.0 cm³/mol. The van der Waals surface area contributed by atoms with E-state index >= 15 is 0 Å².